The SMILES string of the molecule is CC(C)(O)CCCOc1ccc(C(F)(F)F)c(-c2ccnc(NC(=O)c3nnc(CC4CCCCC4)[nH]3)c2)c1. The summed E-state index contributed by atoms with van der Waals surface area (Å²) in [5.41, 5.74) is -1.58. The predicted octanol–water partition coefficient (Wildman–Crippen LogP) is 6.19. The van der Waals surface area contributed by atoms with Gasteiger partial charge in [-0.2, -0.15) is 13.2 Å². The number of carbonyl (C=O) groups is 1. The van der Waals surface area contributed by atoms with E-state index in [-0.39, 0.29) is 35.1 Å². The van der Waals surface area contributed by atoms with Gasteiger partial charge in [-0.3, -0.25) is 4.79 Å². The number of hydrogen-bond acceptors (Lipinski definition) is 6. The van der Waals surface area contributed by atoms with E-state index in [0.29, 0.717) is 24.6 Å². The number of ether oxygens (including phenoxy) is 1. The molecule has 0 atom stereocenters. The minimum absolute atomic E-state index is 0.0189. The lowest BCUT2D eigenvalue weighted by Crippen LogP contribution is -2.19. The fourth-order valence-corrected chi connectivity index (χ4v) is 4.79. The van der Waals surface area contributed by atoms with Gasteiger partial charge in [-0.1, -0.05) is 32.1 Å². The van der Waals surface area contributed by atoms with Crippen LogP contribution >= 0.6 is 0 Å². The standard InChI is InChI=1S/C28H34F3N5O3/c1-27(2,38)12-6-14-39-20-9-10-22(28(29,30)31)21(17-20)19-11-13-32-23(16-19)34-26(37)25-33-24(35-36-25)15-18-7-4-3-5-8-18/h9-11,13,16-18,38H,3-8,12,14-15H2,1-2H3,(H,32,34,37)(H,33,35,36). The zero-order chi connectivity index (χ0) is 28.0. The molecule has 1 saturated carbocycles. The number of benzene rings is 1. The Bertz CT molecular complexity index is 1260. The van der Waals surface area contributed by atoms with Gasteiger partial charge in [-0.05, 0) is 74.1 Å². The molecule has 3 N–H and O–H groups in total. The summed E-state index contributed by atoms with van der Waals surface area (Å²) in [6.45, 7) is 3.61. The highest BCUT2D eigenvalue weighted by atomic mass is 19.4. The molecule has 0 radical (unpaired) electrons. The number of rotatable bonds is 10. The van der Waals surface area contributed by atoms with Crippen molar-refractivity contribution in [3.8, 4) is 16.9 Å². The van der Waals surface area contributed by atoms with E-state index in [2.05, 4.69) is 25.5 Å². The summed E-state index contributed by atoms with van der Waals surface area (Å²) in [4.78, 5) is 19.8. The summed E-state index contributed by atoms with van der Waals surface area (Å²) in [6.07, 6.45) is 4.38. The third kappa shape index (κ3) is 8.26. The summed E-state index contributed by atoms with van der Waals surface area (Å²) in [5, 5.41) is 20.5. The largest absolute Gasteiger partial charge is 0.494 e. The van der Waals surface area contributed by atoms with Crippen LogP contribution in [0.25, 0.3) is 11.1 Å². The van der Waals surface area contributed by atoms with Crippen LogP contribution in [0.3, 0.4) is 0 Å². The number of aromatic nitrogens is 4. The Morgan fingerprint density at radius 1 is 1.13 bits per heavy atom. The van der Waals surface area contributed by atoms with Crippen molar-refractivity contribution in [2.45, 2.75) is 77.0 Å². The van der Waals surface area contributed by atoms with Gasteiger partial charge in [0.1, 0.15) is 17.4 Å². The van der Waals surface area contributed by atoms with E-state index in [1.807, 2.05) is 0 Å². The quantitative estimate of drug-likeness (QED) is 0.262. The Hall–Kier alpha value is -3.47. The molecule has 1 fully saturated rings. The number of aromatic amines is 1. The Balaban J connectivity index is 1.48. The minimum Gasteiger partial charge on any atom is -0.494 e. The first-order chi connectivity index (χ1) is 18.5. The monoisotopic (exact) mass is 545 g/mol. The van der Waals surface area contributed by atoms with Crippen molar-refractivity contribution in [3.63, 3.8) is 0 Å². The molecule has 1 aliphatic carbocycles. The molecule has 0 bridgehead atoms. The molecule has 0 unspecified atom stereocenters. The molecule has 0 spiro atoms. The van der Waals surface area contributed by atoms with Gasteiger partial charge in [0.15, 0.2) is 0 Å². The zero-order valence-electron chi connectivity index (χ0n) is 22.1. The molecule has 4 rings (SSSR count). The number of pyridine rings is 1. The topological polar surface area (TPSA) is 113 Å². The van der Waals surface area contributed by atoms with Crippen LogP contribution in [0, 0.1) is 5.92 Å². The Morgan fingerprint density at radius 2 is 1.90 bits per heavy atom. The summed E-state index contributed by atoms with van der Waals surface area (Å²) < 4.78 is 47.2. The smallest absolute Gasteiger partial charge is 0.417 e. The molecule has 8 nitrogen and oxygen atoms in total. The Labute approximate surface area is 225 Å². The third-order valence-electron chi connectivity index (χ3n) is 6.77. The minimum atomic E-state index is -4.60. The van der Waals surface area contributed by atoms with Gasteiger partial charge in [-0.25, -0.2) is 4.98 Å². The summed E-state index contributed by atoms with van der Waals surface area (Å²) in [7, 11) is 0. The first-order valence-corrected chi connectivity index (χ1v) is 13.2. The number of halogens is 3. The van der Waals surface area contributed by atoms with Crippen LogP contribution in [0.4, 0.5) is 19.0 Å². The summed E-state index contributed by atoms with van der Waals surface area (Å²) in [5.74, 6) is 0.941. The van der Waals surface area contributed by atoms with Crippen molar-refractivity contribution in [1.82, 2.24) is 20.2 Å². The van der Waals surface area contributed by atoms with E-state index < -0.39 is 23.2 Å². The fourth-order valence-electron chi connectivity index (χ4n) is 4.79. The third-order valence-corrected chi connectivity index (χ3v) is 6.77. The lowest BCUT2D eigenvalue weighted by atomic mass is 9.87. The van der Waals surface area contributed by atoms with Gasteiger partial charge < -0.3 is 20.1 Å². The number of hydrogen-bond donors (Lipinski definition) is 3. The number of amides is 1. The second kappa shape index (κ2) is 12.1. The molecular formula is C28H34F3N5O3. The molecule has 2 aromatic heterocycles. The molecule has 1 amide bonds. The van der Waals surface area contributed by atoms with Crippen LogP contribution in [0.2, 0.25) is 0 Å². The molecular weight excluding hydrogens is 511 g/mol. The first kappa shape index (κ1) is 28.5. The van der Waals surface area contributed by atoms with Crippen LogP contribution in [0.1, 0.15) is 80.8 Å². The Morgan fingerprint density at radius 3 is 2.62 bits per heavy atom. The fraction of sp³-hybridized carbons (Fsp3) is 0.500. The van der Waals surface area contributed by atoms with Crippen molar-refractivity contribution in [2.24, 2.45) is 5.92 Å². The van der Waals surface area contributed by atoms with Crippen LogP contribution in [0.15, 0.2) is 36.5 Å². The molecule has 11 heteroatoms. The second-order valence-electron chi connectivity index (χ2n) is 10.7. The van der Waals surface area contributed by atoms with Gasteiger partial charge in [0.25, 0.3) is 5.91 Å². The van der Waals surface area contributed by atoms with E-state index in [9.17, 15) is 23.1 Å². The van der Waals surface area contributed by atoms with Gasteiger partial charge in [0, 0.05) is 12.6 Å². The van der Waals surface area contributed by atoms with E-state index in [0.717, 1.165) is 25.3 Å². The average Bonchev–Trinajstić information content (AvgIpc) is 3.35. The number of carbonyl (C=O) groups excluding carboxylic acids is 1. The predicted molar refractivity (Wildman–Crippen MR) is 140 cm³/mol. The van der Waals surface area contributed by atoms with Crippen LogP contribution in [-0.4, -0.2) is 43.4 Å². The molecule has 3 aromatic rings. The maximum atomic E-state index is 13.8. The lowest BCUT2D eigenvalue weighted by Gasteiger charge is -2.19. The lowest BCUT2D eigenvalue weighted by molar-refractivity contribution is -0.137. The van der Waals surface area contributed by atoms with E-state index in [1.165, 1.54) is 49.7 Å². The molecule has 2 heterocycles. The number of nitrogens with one attached hydrogen (secondary N) is 2. The normalized spacial score (nSPS) is 14.8. The van der Waals surface area contributed by atoms with Gasteiger partial charge in [0.2, 0.25) is 5.82 Å². The highest BCUT2D eigenvalue weighted by Gasteiger charge is 2.34. The van der Waals surface area contributed by atoms with Gasteiger partial charge in [-0.15, -0.1) is 10.2 Å². The highest BCUT2D eigenvalue weighted by molar-refractivity contribution is 6.01. The van der Waals surface area contributed by atoms with Crippen molar-refractivity contribution < 1.29 is 27.8 Å². The highest BCUT2D eigenvalue weighted by Crippen LogP contribution is 2.39. The van der Waals surface area contributed by atoms with Crippen LogP contribution < -0.4 is 10.1 Å². The number of H-pyrrole nitrogens is 1. The Kier molecular flexibility index (Phi) is 8.89. The van der Waals surface area contributed by atoms with Gasteiger partial charge >= 0.3 is 6.18 Å². The van der Waals surface area contributed by atoms with Gasteiger partial charge in [0.05, 0.1) is 17.8 Å². The van der Waals surface area contributed by atoms with E-state index in [4.69, 9.17) is 4.74 Å². The molecule has 0 aliphatic heterocycles. The summed E-state index contributed by atoms with van der Waals surface area (Å²) >= 11 is 0. The van der Waals surface area contributed by atoms with Crippen molar-refractivity contribution >= 4 is 11.7 Å². The van der Waals surface area contributed by atoms with E-state index in [1.54, 1.807) is 13.8 Å². The summed E-state index contributed by atoms with van der Waals surface area (Å²) in [6, 6.07) is 6.38. The van der Waals surface area contributed by atoms with Crippen molar-refractivity contribution in [2.75, 3.05) is 11.9 Å². The number of nitrogens with zero attached hydrogens (tertiary/aromatic N) is 3. The first-order valence-electron chi connectivity index (χ1n) is 13.2. The number of aliphatic hydroxyl groups is 1. The number of anilines is 1. The maximum absolute atomic E-state index is 13.8. The molecule has 1 aromatic carbocycles. The molecule has 0 saturated heterocycles. The molecule has 210 valence electrons. The zero-order valence-corrected chi connectivity index (χ0v) is 22.1. The molecule has 39 heavy (non-hydrogen) atoms. The van der Waals surface area contributed by atoms with Crippen LogP contribution in [0.5, 0.6) is 5.75 Å². The second-order valence-corrected chi connectivity index (χ2v) is 10.7. The average molecular weight is 546 g/mol. The van der Waals surface area contributed by atoms with Crippen LogP contribution in [-0.2, 0) is 12.6 Å². The number of alkyl halides is 3. The van der Waals surface area contributed by atoms with E-state index >= 15 is 0 Å². The van der Waals surface area contributed by atoms with Crippen molar-refractivity contribution in [3.05, 3.63) is 53.7 Å². The maximum Gasteiger partial charge on any atom is 0.417 e. The molecule has 1 aliphatic rings. The van der Waals surface area contributed by atoms with Crippen molar-refractivity contribution in [1.29, 1.82) is 0 Å².